The second kappa shape index (κ2) is 2.17. The third-order valence-electron chi connectivity index (χ3n) is 0.849. The van der Waals surface area contributed by atoms with Crippen LogP contribution in [0.1, 0.15) is 0 Å². The van der Waals surface area contributed by atoms with Gasteiger partial charge in [-0.15, -0.1) is 5.11 Å². The van der Waals surface area contributed by atoms with Crippen molar-refractivity contribution in [3.8, 4) is 0 Å². The first-order chi connectivity index (χ1) is 4.30. The fraction of sp³-hybridized carbons (Fsp3) is 0. The molecule has 0 aromatic rings. The first-order valence-corrected chi connectivity index (χ1v) is 2.39. The van der Waals surface area contributed by atoms with Crippen LogP contribution in [0.4, 0.5) is 0 Å². The van der Waals surface area contributed by atoms with Crippen LogP contribution in [0, 0.1) is 0 Å². The van der Waals surface area contributed by atoms with Crippen LogP contribution < -0.4 is 16.9 Å². The molecule has 0 saturated heterocycles. The van der Waals surface area contributed by atoms with Gasteiger partial charge < -0.3 is 11.5 Å². The lowest BCUT2D eigenvalue weighted by atomic mass is 10.4. The minimum absolute atomic E-state index is 0.233. The number of nitrogens with zero attached hydrogens (tertiary/aromatic N) is 2. The van der Waals surface area contributed by atoms with Gasteiger partial charge in [0.2, 0.25) is 0 Å². The minimum Gasteiger partial charge on any atom is -0.396 e. The molecule has 0 aliphatic carbocycles. The molecule has 48 valence electrons. The molecule has 0 aromatic heterocycles. The zero-order valence-corrected chi connectivity index (χ0v) is 4.70. The van der Waals surface area contributed by atoms with E-state index in [1.807, 2.05) is 0 Å². The topological polar surface area (TPSA) is 88.8 Å². The summed E-state index contributed by atoms with van der Waals surface area (Å²) in [5.41, 5.74) is 13.5. The Morgan fingerprint density at radius 3 is 3.00 bits per heavy atom. The number of hydrogen-bond donors (Lipinski definition) is 3. The maximum atomic E-state index is 5.35. The van der Waals surface area contributed by atoms with Crippen molar-refractivity contribution in [3.63, 3.8) is 0 Å². The lowest BCUT2D eigenvalue weighted by molar-refractivity contribution is 0.853. The standard InChI is InChI=1S/C4H7N5/c5-3-1-2-7-9-8-4(3)6/h1-2H,5-6H2,(H,7,8). The van der Waals surface area contributed by atoms with Crippen molar-refractivity contribution in [2.45, 2.75) is 0 Å². The van der Waals surface area contributed by atoms with Gasteiger partial charge in [-0.1, -0.05) is 5.22 Å². The average Bonchev–Trinajstić information content (AvgIpc) is 1.99. The first kappa shape index (κ1) is 5.61. The molecule has 9 heavy (non-hydrogen) atoms. The van der Waals surface area contributed by atoms with Crippen LogP contribution in [0.15, 0.2) is 34.1 Å². The van der Waals surface area contributed by atoms with Gasteiger partial charge in [-0.05, 0) is 6.08 Å². The van der Waals surface area contributed by atoms with Crippen LogP contribution in [-0.4, -0.2) is 0 Å². The highest BCUT2D eigenvalue weighted by Crippen LogP contribution is 1.97. The largest absolute Gasteiger partial charge is 0.396 e. The predicted molar refractivity (Wildman–Crippen MR) is 32.5 cm³/mol. The fourth-order valence-corrected chi connectivity index (χ4v) is 0.386. The molecule has 5 N–H and O–H groups in total. The molecule has 5 nitrogen and oxygen atoms in total. The molecule has 0 radical (unpaired) electrons. The minimum atomic E-state index is 0.233. The van der Waals surface area contributed by atoms with Gasteiger partial charge in [0.05, 0.1) is 5.70 Å². The maximum Gasteiger partial charge on any atom is 0.171 e. The van der Waals surface area contributed by atoms with Gasteiger partial charge in [0.1, 0.15) is 0 Å². The van der Waals surface area contributed by atoms with Crippen LogP contribution in [0.5, 0.6) is 0 Å². The molecule has 0 atom stereocenters. The Morgan fingerprint density at radius 1 is 1.44 bits per heavy atom. The van der Waals surface area contributed by atoms with Gasteiger partial charge in [-0.25, -0.2) is 0 Å². The van der Waals surface area contributed by atoms with Crippen LogP contribution in [0.25, 0.3) is 0 Å². The highest BCUT2D eigenvalue weighted by molar-refractivity contribution is 5.19. The molecule has 0 fully saturated rings. The Hall–Kier alpha value is -1.52. The van der Waals surface area contributed by atoms with Gasteiger partial charge in [-0.3, -0.25) is 5.43 Å². The third kappa shape index (κ3) is 1.18. The number of nitrogens with two attached hydrogens (primary N) is 2. The Balaban J connectivity index is 2.90. The van der Waals surface area contributed by atoms with E-state index in [0.29, 0.717) is 5.70 Å². The Morgan fingerprint density at radius 2 is 2.22 bits per heavy atom. The molecule has 1 rings (SSSR count). The zero-order chi connectivity index (χ0) is 6.69. The molecule has 5 heteroatoms. The summed E-state index contributed by atoms with van der Waals surface area (Å²) in [6.07, 6.45) is 3.15. The van der Waals surface area contributed by atoms with Crippen molar-refractivity contribution in [3.05, 3.63) is 23.8 Å². The van der Waals surface area contributed by atoms with Crippen molar-refractivity contribution < 1.29 is 0 Å². The Bertz CT molecular complexity index is 169. The van der Waals surface area contributed by atoms with E-state index in [1.165, 1.54) is 0 Å². The van der Waals surface area contributed by atoms with Crippen LogP contribution in [0.3, 0.4) is 0 Å². The van der Waals surface area contributed by atoms with Crippen LogP contribution in [-0.2, 0) is 0 Å². The van der Waals surface area contributed by atoms with Gasteiger partial charge in [0.15, 0.2) is 5.82 Å². The van der Waals surface area contributed by atoms with Gasteiger partial charge >= 0.3 is 0 Å². The summed E-state index contributed by atoms with van der Waals surface area (Å²) in [5.74, 6) is 0.233. The summed E-state index contributed by atoms with van der Waals surface area (Å²) in [4.78, 5) is 0. The van der Waals surface area contributed by atoms with Crippen molar-refractivity contribution in [2.24, 2.45) is 21.8 Å². The summed E-state index contributed by atoms with van der Waals surface area (Å²) in [6.45, 7) is 0. The number of rotatable bonds is 0. The van der Waals surface area contributed by atoms with E-state index in [2.05, 4.69) is 15.8 Å². The van der Waals surface area contributed by atoms with Crippen molar-refractivity contribution in [2.75, 3.05) is 0 Å². The van der Waals surface area contributed by atoms with Crippen molar-refractivity contribution in [1.82, 2.24) is 5.43 Å². The molecule has 0 aromatic carbocycles. The number of allylic oxidation sites excluding steroid dienone is 1. The SMILES string of the molecule is NC1=C(N)N=NNC=C1. The molecular weight excluding hydrogens is 118 g/mol. The molecule has 0 saturated carbocycles. The Kier molecular flexibility index (Phi) is 1.35. The quantitative estimate of drug-likeness (QED) is 0.410. The third-order valence-corrected chi connectivity index (χ3v) is 0.849. The number of hydrogen-bond acceptors (Lipinski definition) is 5. The van der Waals surface area contributed by atoms with Gasteiger partial charge in [0.25, 0.3) is 0 Å². The summed E-state index contributed by atoms with van der Waals surface area (Å²) in [6, 6.07) is 0. The van der Waals surface area contributed by atoms with E-state index >= 15 is 0 Å². The molecule has 0 spiro atoms. The van der Waals surface area contributed by atoms with E-state index in [9.17, 15) is 0 Å². The lowest BCUT2D eigenvalue weighted by Crippen LogP contribution is -2.04. The smallest absolute Gasteiger partial charge is 0.171 e. The molecule has 0 bridgehead atoms. The highest BCUT2D eigenvalue weighted by Gasteiger charge is 1.93. The van der Waals surface area contributed by atoms with Crippen molar-refractivity contribution in [1.29, 1.82) is 0 Å². The van der Waals surface area contributed by atoms with E-state index in [1.54, 1.807) is 12.3 Å². The second-order valence-electron chi connectivity index (χ2n) is 1.50. The van der Waals surface area contributed by atoms with Gasteiger partial charge in [0, 0.05) is 6.20 Å². The average molecular weight is 125 g/mol. The van der Waals surface area contributed by atoms with E-state index in [0.717, 1.165) is 0 Å². The fourth-order valence-electron chi connectivity index (χ4n) is 0.386. The Labute approximate surface area is 52.1 Å². The lowest BCUT2D eigenvalue weighted by Gasteiger charge is -1.89. The molecule has 0 amide bonds. The molecule has 1 aliphatic rings. The van der Waals surface area contributed by atoms with Crippen molar-refractivity contribution >= 4 is 0 Å². The molecule has 1 heterocycles. The molecular formula is C4H7N5. The van der Waals surface area contributed by atoms with Crippen LogP contribution >= 0.6 is 0 Å². The van der Waals surface area contributed by atoms with Gasteiger partial charge in [-0.2, -0.15) is 0 Å². The normalized spacial score (nSPS) is 17.3. The van der Waals surface area contributed by atoms with Crippen LogP contribution in [0.2, 0.25) is 0 Å². The molecule has 0 unspecified atom stereocenters. The number of nitrogens with one attached hydrogen (secondary N) is 1. The second-order valence-corrected chi connectivity index (χ2v) is 1.50. The first-order valence-electron chi connectivity index (χ1n) is 2.39. The summed E-state index contributed by atoms with van der Waals surface area (Å²) in [7, 11) is 0. The molecule has 1 aliphatic heterocycles. The summed E-state index contributed by atoms with van der Waals surface area (Å²) < 4.78 is 0. The predicted octanol–water partition coefficient (Wildman–Crippen LogP) is -0.443. The zero-order valence-electron chi connectivity index (χ0n) is 4.70. The maximum absolute atomic E-state index is 5.35. The van der Waals surface area contributed by atoms with E-state index in [4.69, 9.17) is 11.5 Å². The van der Waals surface area contributed by atoms with E-state index in [-0.39, 0.29) is 5.82 Å². The summed E-state index contributed by atoms with van der Waals surface area (Å²) in [5, 5.41) is 6.92. The van der Waals surface area contributed by atoms with E-state index < -0.39 is 0 Å². The highest BCUT2D eigenvalue weighted by atomic mass is 15.4. The monoisotopic (exact) mass is 125 g/mol. The summed E-state index contributed by atoms with van der Waals surface area (Å²) >= 11 is 0.